The molecule has 0 aromatic carbocycles. The number of piperidine rings is 1. The minimum atomic E-state index is -0.566. The summed E-state index contributed by atoms with van der Waals surface area (Å²) in [4.78, 5) is 24.7. The van der Waals surface area contributed by atoms with Crippen molar-refractivity contribution in [2.75, 3.05) is 18.0 Å². The highest BCUT2D eigenvalue weighted by Crippen LogP contribution is 2.20. The number of carbonyl (C=O) groups is 1. The van der Waals surface area contributed by atoms with Crippen molar-refractivity contribution in [3.05, 3.63) is 22.6 Å². The second-order valence-corrected chi connectivity index (χ2v) is 4.87. The van der Waals surface area contributed by atoms with Crippen LogP contribution in [0.1, 0.15) is 19.8 Å². The van der Waals surface area contributed by atoms with Gasteiger partial charge in [0.25, 0.3) is 5.56 Å². The van der Waals surface area contributed by atoms with Crippen molar-refractivity contribution in [1.29, 1.82) is 0 Å². The molecule has 0 saturated carbocycles. The summed E-state index contributed by atoms with van der Waals surface area (Å²) in [5.41, 5.74) is 5.58. The molecule has 1 aromatic heterocycles. The Morgan fingerprint density at radius 3 is 3.00 bits per heavy atom. The number of hydrogen-bond acceptors (Lipinski definition) is 4. The van der Waals surface area contributed by atoms with E-state index in [2.05, 4.69) is 16.9 Å². The van der Waals surface area contributed by atoms with Crippen LogP contribution in [0.4, 0.5) is 5.69 Å². The van der Waals surface area contributed by atoms with Crippen LogP contribution in [-0.2, 0) is 11.3 Å². The van der Waals surface area contributed by atoms with E-state index in [1.165, 1.54) is 12.5 Å². The van der Waals surface area contributed by atoms with Crippen molar-refractivity contribution >= 4 is 11.6 Å². The Morgan fingerprint density at radius 2 is 2.39 bits per heavy atom. The standard InChI is InChI=1S/C12H18N4O2/c1-9-3-2-4-15(7-9)10-5-12(18)16(14-6-10)8-11(13)17/h5-6,9H,2-4,7-8H2,1H3,(H2,13,17). The molecule has 1 saturated heterocycles. The normalized spacial score (nSPS) is 19.8. The first-order valence-electron chi connectivity index (χ1n) is 6.16. The van der Waals surface area contributed by atoms with Crippen molar-refractivity contribution in [3.63, 3.8) is 0 Å². The largest absolute Gasteiger partial charge is 0.370 e. The molecule has 1 aliphatic rings. The summed E-state index contributed by atoms with van der Waals surface area (Å²) in [5.74, 6) is 0.0655. The highest BCUT2D eigenvalue weighted by atomic mass is 16.2. The molecule has 1 fully saturated rings. The Kier molecular flexibility index (Phi) is 3.64. The Labute approximate surface area is 105 Å². The molecule has 0 aliphatic carbocycles. The molecule has 2 N–H and O–H groups in total. The molecule has 1 unspecified atom stereocenters. The number of aromatic nitrogens is 2. The zero-order valence-electron chi connectivity index (χ0n) is 10.5. The maximum absolute atomic E-state index is 11.8. The number of amides is 1. The lowest BCUT2D eigenvalue weighted by atomic mass is 10.00. The molecule has 0 spiro atoms. The van der Waals surface area contributed by atoms with Crippen LogP contribution in [0.15, 0.2) is 17.1 Å². The number of primary amides is 1. The Hall–Kier alpha value is -1.85. The number of anilines is 1. The highest BCUT2D eigenvalue weighted by molar-refractivity contribution is 5.73. The van der Waals surface area contributed by atoms with Gasteiger partial charge in [0.2, 0.25) is 5.91 Å². The first kappa shape index (κ1) is 12.6. The van der Waals surface area contributed by atoms with Gasteiger partial charge >= 0.3 is 0 Å². The third kappa shape index (κ3) is 2.88. The molecule has 1 aliphatic heterocycles. The van der Waals surface area contributed by atoms with Crippen LogP contribution < -0.4 is 16.2 Å². The second kappa shape index (κ2) is 5.20. The summed E-state index contributed by atoms with van der Waals surface area (Å²) >= 11 is 0. The molecular formula is C12H18N4O2. The smallest absolute Gasteiger partial charge is 0.269 e. The topological polar surface area (TPSA) is 81.2 Å². The van der Waals surface area contributed by atoms with Crippen molar-refractivity contribution in [1.82, 2.24) is 9.78 Å². The Morgan fingerprint density at radius 1 is 1.61 bits per heavy atom. The van der Waals surface area contributed by atoms with Gasteiger partial charge in [0.05, 0.1) is 11.9 Å². The van der Waals surface area contributed by atoms with E-state index < -0.39 is 5.91 Å². The van der Waals surface area contributed by atoms with Gasteiger partial charge in [-0.15, -0.1) is 0 Å². The summed E-state index contributed by atoms with van der Waals surface area (Å²) < 4.78 is 1.08. The van der Waals surface area contributed by atoms with Crippen LogP contribution in [0.3, 0.4) is 0 Å². The lowest BCUT2D eigenvalue weighted by Crippen LogP contribution is -2.36. The molecule has 2 rings (SSSR count). The summed E-state index contributed by atoms with van der Waals surface area (Å²) in [6.07, 6.45) is 3.98. The fraction of sp³-hybridized carbons (Fsp3) is 0.583. The van der Waals surface area contributed by atoms with Gasteiger partial charge in [-0.25, -0.2) is 4.68 Å². The lowest BCUT2D eigenvalue weighted by Gasteiger charge is -2.32. The highest BCUT2D eigenvalue weighted by Gasteiger charge is 2.17. The molecule has 0 radical (unpaired) electrons. The molecule has 1 aromatic rings. The second-order valence-electron chi connectivity index (χ2n) is 4.87. The zero-order valence-corrected chi connectivity index (χ0v) is 10.5. The number of carbonyl (C=O) groups excluding carboxylic acids is 1. The number of nitrogens with zero attached hydrogens (tertiary/aromatic N) is 3. The quantitative estimate of drug-likeness (QED) is 0.816. The zero-order chi connectivity index (χ0) is 13.1. The van der Waals surface area contributed by atoms with Crippen molar-refractivity contribution in [2.45, 2.75) is 26.3 Å². The van der Waals surface area contributed by atoms with Gasteiger partial charge in [-0.3, -0.25) is 9.59 Å². The predicted molar refractivity (Wildman–Crippen MR) is 68.3 cm³/mol. The van der Waals surface area contributed by atoms with Gasteiger partial charge in [-0.05, 0) is 18.8 Å². The average Bonchev–Trinajstić information content (AvgIpc) is 2.31. The molecule has 6 heteroatoms. The van der Waals surface area contributed by atoms with Gasteiger partial charge in [-0.1, -0.05) is 6.92 Å². The summed E-state index contributed by atoms with van der Waals surface area (Å²) in [5, 5.41) is 3.98. The fourth-order valence-corrected chi connectivity index (χ4v) is 2.29. The number of hydrogen-bond donors (Lipinski definition) is 1. The van der Waals surface area contributed by atoms with E-state index in [9.17, 15) is 9.59 Å². The Balaban J connectivity index is 2.18. The van der Waals surface area contributed by atoms with Crippen molar-refractivity contribution in [2.24, 2.45) is 11.7 Å². The minimum absolute atomic E-state index is 0.171. The monoisotopic (exact) mass is 250 g/mol. The Bertz CT molecular complexity index is 497. The van der Waals surface area contributed by atoms with Crippen molar-refractivity contribution in [3.8, 4) is 0 Å². The van der Waals surface area contributed by atoms with Crippen molar-refractivity contribution < 1.29 is 4.79 Å². The number of nitrogens with two attached hydrogens (primary N) is 1. The minimum Gasteiger partial charge on any atom is -0.370 e. The summed E-state index contributed by atoms with van der Waals surface area (Å²) in [6, 6.07) is 1.52. The molecule has 1 atom stereocenters. The molecule has 2 heterocycles. The molecule has 0 bridgehead atoms. The van der Waals surface area contributed by atoms with E-state index in [-0.39, 0.29) is 12.1 Å². The molecule has 1 amide bonds. The van der Waals surface area contributed by atoms with Crippen LogP contribution in [0.25, 0.3) is 0 Å². The first-order chi connectivity index (χ1) is 8.56. The van der Waals surface area contributed by atoms with E-state index >= 15 is 0 Å². The summed E-state index contributed by atoms with van der Waals surface area (Å²) in [7, 11) is 0. The maximum atomic E-state index is 11.8. The predicted octanol–water partition coefficient (Wildman–Crippen LogP) is -0.0351. The van der Waals surface area contributed by atoms with Gasteiger partial charge in [0.15, 0.2) is 0 Å². The van der Waals surface area contributed by atoms with E-state index in [1.807, 2.05) is 0 Å². The van der Waals surface area contributed by atoms with Crippen LogP contribution >= 0.6 is 0 Å². The van der Waals surface area contributed by atoms with E-state index in [4.69, 9.17) is 5.73 Å². The molecule has 18 heavy (non-hydrogen) atoms. The average molecular weight is 250 g/mol. The lowest BCUT2D eigenvalue weighted by molar-refractivity contribution is -0.118. The number of rotatable bonds is 3. The van der Waals surface area contributed by atoms with Gasteiger partial charge in [-0.2, -0.15) is 5.10 Å². The van der Waals surface area contributed by atoms with E-state index in [0.29, 0.717) is 5.92 Å². The van der Waals surface area contributed by atoms with Crippen LogP contribution in [0.2, 0.25) is 0 Å². The van der Waals surface area contributed by atoms with Gasteiger partial charge in [0, 0.05) is 19.2 Å². The third-order valence-corrected chi connectivity index (χ3v) is 3.18. The molecular weight excluding hydrogens is 232 g/mol. The fourth-order valence-electron chi connectivity index (χ4n) is 2.29. The van der Waals surface area contributed by atoms with Gasteiger partial charge < -0.3 is 10.6 Å². The van der Waals surface area contributed by atoms with E-state index in [0.717, 1.165) is 29.9 Å². The molecule has 98 valence electrons. The van der Waals surface area contributed by atoms with Crippen LogP contribution in [-0.4, -0.2) is 28.8 Å². The summed E-state index contributed by atoms with van der Waals surface area (Å²) in [6.45, 7) is 3.93. The van der Waals surface area contributed by atoms with Crippen LogP contribution in [0.5, 0.6) is 0 Å². The van der Waals surface area contributed by atoms with Crippen LogP contribution in [0, 0.1) is 5.92 Å². The molecule has 6 nitrogen and oxygen atoms in total. The third-order valence-electron chi connectivity index (χ3n) is 3.18. The maximum Gasteiger partial charge on any atom is 0.269 e. The SMILES string of the molecule is CC1CCCN(c2cnn(CC(N)=O)c(=O)c2)C1. The first-order valence-corrected chi connectivity index (χ1v) is 6.16. The van der Waals surface area contributed by atoms with E-state index in [1.54, 1.807) is 6.20 Å². The van der Waals surface area contributed by atoms with Gasteiger partial charge in [0.1, 0.15) is 6.54 Å².